The van der Waals surface area contributed by atoms with E-state index in [0.29, 0.717) is 0 Å². The molecule has 34 heavy (non-hydrogen) atoms. The molecule has 4 aromatic rings. The Labute approximate surface area is 193 Å². The monoisotopic (exact) mass is 479 g/mol. The van der Waals surface area contributed by atoms with Gasteiger partial charge < -0.3 is 15.2 Å². The van der Waals surface area contributed by atoms with Gasteiger partial charge in [-0.3, -0.25) is 4.79 Å². The number of rotatable bonds is 8. The zero-order valence-electron chi connectivity index (χ0n) is 17.4. The maximum Gasteiger partial charge on any atom is 0.341 e. The lowest BCUT2D eigenvalue weighted by atomic mass is 10.2. The van der Waals surface area contributed by atoms with Crippen molar-refractivity contribution in [3.8, 4) is 17.1 Å². The molecular formula is C22H17N5O6S. The van der Waals surface area contributed by atoms with E-state index in [9.17, 15) is 18.0 Å². The van der Waals surface area contributed by atoms with Crippen molar-refractivity contribution in [2.45, 2.75) is 9.79 Å². The van der Waals surface area contributed by atoms with Crippen LogP contribution in [-0.2, 0) is 14.6 Å². The summed E-state index contributed by atoms with van der Waals surface area (Å²) in [7, 11) is -4.09. The third-order valence-corrected chi connectivity index (χ3v) is 6.54. The first-order valence-electron chi connectivity index (χ1n) is 9.79. The van der Waals surface area contributed by atoms with Crippen molar-refractivity contribution in [2.75, 3.05) is 11.9 Å². The lowest BCUT2D eigenvalue weighted by Gasteiger charge is -2.13. The fourth-order valence-corrected chi connectivity index (χ4v) is 4.74. The number of carboxylic acids is 1. The van der Waals surface area contributed by atoms with E-state index in [-0.39, 0.29) is 38.2 Å². The summed E-state index contributed by atoms with van der Waals surface area (Å²) >= 11 is 0. The van der Waals surface area contributed by atoms with Crippen LogP contribution in [0.3, 0.4) is 0 Å². The summed E-state index contributed by atoms with van der Waals surface area (Å²) in [5.74, 6) is -1.29. The highest BCUT2D eigenvalue weighted by molar-refractivity contribution is 7.91. The molecule has 0 aliphatic rings. The number of tetrazole rings is 1. The molecule has 0 unspecified atom stereocenters. The zero-order valence-corrected chi connectivity index (χ0v) is 18.2. The van der Waals surface area contributed by atoms with Crippen LogP contribution in [0.5, 0.6) is 5.75 Å². The fraction of sp³-hybridized carbons (Fsp3) is 0.0455. The molecule has 0 bridgehead atoms. The number of carboxylic acid groups (broad SMARTS) is 1. The van der Waals surface area contributed by atoms with Crippen molar-refractivity contribution in [1.29, 1.82) is 0 Å². The number of carbonyl (C=O) groups is 2. The number of aromatic nitrogens is 4. The number of aliphatic carboxylic acids is 1. The standard InChI is InChI=1S/C22H17N5O6S/c28-20(29)13-33-15-11-9-14(10-12-15)22(30)23-17-6-2-4-8-19(17)34(31,32)18-7-3-1-5-16(18)21-24-26-27-25-21/h1-12H,13H2,(H,23,30)(H,28,29)(H,24,25,26,27). The van der Waals surface area contributed by atoms with Crippen LogP contribution < -0.4 is 10.1 Å². The van der Waals surface area contributed by atoms with Gasteiger partial charge in [-0.25, -0.2) is 13.2 Å². The highest BCUT2D eigenvalue weighted by Gasteiger charge is 2.26. The first-order chi connectivity index (χ1) is 16.4. The Morgan fingerprint density at radius 1 is 0.941 bits per heavy atom. The Morgan fingerprint density at radius 3 is 2.29 bits per heavy atom. The van der Waals surface area contributed by atoms with Gasteiger partial charge in [0.25, 0.3) is 5.91 Å². The summed E-state index contributed by atoms with van der Waals surface area (Å²) in [6.45, 7) is -0.512. The van der Waals surface area contributed by atoms with E-state index in [2.05, 4.69) is 25.9 Å². The number of sulfone groups is 1. The fourth-order valence-electron chi connectivity index (χ4n) is 3.13. The van der Waals surface area contributed by atoms with Gasteiger partial charge in [0.1, 0.15) is 5.75 Å². The lowest BCUT2D eigenvalue weighted by Crippen LogP contribution is -2.15. The number of amides is 1. The van der Waals surface area contributed by atoms with Crippen LogP contribution in [-0.4, -0.2) is 52.6 Å². The van der Waals surface area contributed by atoms with Crippen LogP contribution in [0, 0.1) is 0 Å². The maximum absolute atomic E-state index is 13.6. The van der Waals surface area contributed by atoms with Crippen molar-refractivity contribution >= 4 is 27.4 Å². The number of hydrogen-bond donors (Lipinski definition) is 3. The molecule has 3 N–H and O–H groups in total. The highest BCUT2D eigenvalue weighted by atomic mass is 32.2. The van der Waals surface area contributed by atoms with Crippen LogP contribution >= 0.6 is 0 Å². The average Bonchev–Trinajstić information content (AvgIpc) is 3.38. The summed E-state index contributed by atoms with van der Waals surface area (Å²) in [5, 5.41) is 24.8. The van der Waals surface area contributed by atoms with Gasteiger partial charge in [0, 0.05) is 11.1 Å². The van der Waals surface area contributed by atoms with Gasteiger partial charge >= 0.3 is 5.97 Å². The predicted octanol–water partition coefficient (Wildman–Crippen LogP) is 2.42. The number of ether oxygens (including phenoxy) is 1. The van der Waals surface area contributed by atoms with E-state index < -0.39 is 28.3 Å². The van der Waals surface area contributed by atoms with Gasteiger partial charge in [-0.1, -0.05) is 24.3 Å². The largest absolute Gasteiger partial charge is 0.482 e. The van der Waals surface area contributed by atoms with E-state index in [1.54, 1.807) is 30.3 Å². The number of carbonyl (C=O) groups excluding carboxylic acids is 1. The molecule has 1 heterocycles. The molecule has 0 radical (unpaired) electrons. The van der Waals surface area contributed by atoms with Crippen molar-refractivity contribution in [3.05, 3.63) is 78.4 Å². The second kappa shape index (κ2) is 9.50. The number of anilines is 1. The second-order valence-electron chi connectivity index (χ2n) is 6.89. The molecule has 4 rings (SSSR count). The quantitative estimate of drug-likeness (QED) is 0.344. The van der Waals surface area contributed by atoms with Crippen molar-refractivity contribution in [3.63, 3.8) is 0 Å². The van der Waals surface area contributed by atoms with Gasteiger partial charge in [0.2, 0.25) is 15.7 Å². The average molecular weight is 479 g/mol. The number of nitrogens with one attached hydrogen (secondary N) is 2. The molecule has 0 saturated heterocycles. The number of aromatic amines is 1. The Kier molecular flexibility index (Phi) is 6.32. The summed E-state index contributed by atoms with van der Waals surface area (Å²) in [6, 6.07) is 18.0. The van der Waals surface area contributed by atoms with Gasteiger partial charge in [-0.15, -0.1) is 10.2 Å². The summed E-state index contributed by atoms with van der Waals surface area (Å²) in [4.78, 5) is 23.2. The zero-order chi connectivity index (χ0) is 24.1. The number of nitrogens with zero attached hydrogens (tertiary/aromatic N) is 3. The number of hydrogen-bond acceptors (Lipinski definition) is 8. The Morgan fingerprint density at radius 2 is 1.62 bits per heavy atom. The molecule has 172 valence electrons. The van der Waals surface area contributed by atoms with E-state index in [4.69, 9.17) is 9.84 Å². The minimum absolute atomic E-state index is 0.0435. The minimum Gasteiger partial charge on any atom is -0.482 e. The van der Waals surface area contributed by atoms with Gasteiger partial charge in [0.05, 0.1) is 15.5 Å². The predicted molar refractivity (Wildman–Crippen MR) is 119 cm³/mol. The Bertz CT molecular complexity index is 1440. The van der Waals surface area contributed by atoms with E-state index >= 15 is 0 Å². The molecule has 0 spiro atoms. The third-order valence-electron chi connectivity index (χ3n) is 4.67. The van der Waals surface area contributed by atoms with Crippen LogP contribution in [0.4, 0.5) is 5.69 Å². The molecule has 12 heteroatoms. The van der Waals surface area contributed by atoms with Gasteiger partial charge in [-0.05, 0) is 53.7 Å². The summed E-state index contributed by atoms with van der Waals surface area (Å²) < 4.78 is 32.2. The third kappa shape index (κ3) is 4.76. The van der Waals surface area contributed by atoms with Crippen molar-refractivity contribution < 1.29 is 27.9 Å². The minimum atomic E-state index is -4.09. The molecule has 0 saturated carbocycles. The first-order valence-corrected chi connectivity index (χ1v) is 11.3. The second-order valence-corrected chi connectivity index (χ2v) is 8.78. The van der Waals surface area contributed by atoms with Crippen LogP contribution in [0.15, 0.2) is 82.6 Å². The van der Waals surface area contributed by atoms with Crippen molar-refractivity contribution in [1.82, 2.24) is 20.6 Å². The van der Waals surface area contributed by atoms with Crippen LogP contribution in [0.2, 0.25) is 0 Å². The number of benzene rings is 3. The molecule has 0 atom stereocenters. The summed E-state index contributed by atoms with van der Waals surface area (Å²) in [6.07, 6.45) is 0. The van der Waals surface area contributed by atoms with E-state index in [1.807, 2.05) is 0 Å². The van der Waals surface area contributed by atoms with E-state index in [1.165, 1.54) is 42.5 Å². The molecular weight excluding hydrogens is 462 g/mol. The molecule has 3 aromatic carbocycles. The Balaban J connectivity index is 1.63. The van der Waals surface area contributed by atoms with Gasteiger partial charge in [-0.2, -0.15) is 5.21 Å². The number of para-hydroxylation sites is 1. The Hall–Kier alpha value is -4.58. The van der Waals surface area contributed by atoms with Gasteiger partial charge in [0.15, 0.2) is 6.61 Å². The SMILES string of the molecule is O=C(O)COc1ccc(C(=O)Nc2ccccc2S(=O)(=O)c2ccccc2-c2nn[nH]n2)cc1. The molecule has 0 aliphatic heterocycles. The smallest absolute Gasteiger partial charge is 0.341 e. The normalized spacial score (nSPS) is 11.1. The molecule has 0 fully saturated rings. The molecule has 1 aromatic heterocycles. The molecule has 11 nitrogen and oxygen atoms in total. The first kappa shape index (κ1) is 22.6. The van der Waals surface area contributed by atoms with E-state index in [0.717, 1.165) is 0 Å². The number of H-pyrrole nitrogens is 1. The lowest BCUT2D eigenvalue weighted by molar-refractivity contribution is -0.139. The summed E-state index contributed by atoms with van der Waals surface area (Å²) in [5.41, 5.74) is 0.568. The van der Waals surface area contributed by atoms with Crippen LogP contribution in [0.1, 0.15) is 10.4 Å². The molecule has 0 aliphatic carbocycles. The topological polar surface area (TPSA) is 164 Å². The maximum atomic E-state index is 13.6. The molecule has 1 amide bonds. The van der Waals surface area contributed by atoms with Crippen LogP contribution in [0.25, 0.3) is 11.4 Å². The van der Waals surface area contributed by atoms with Crippen molar-refractivity contribution in [2.24, 2.45) is 0 Å². The highest BCUT2D eigenvalue weighted by Crippen LogP contribution is 2.33.